The summed E-state index contributed by atoms with van der Waals surface area (Å²) in [6.45, 7) is 2.26. The third-order valence-corrected chi connectivity index (χ3v) is 26.7. The first-order valence-corrected chi connectivity index (χ1v) is 29.9. The summed E-state index contributed by atoms with van der Waals surface area (Å²) < 4.78 is 26.3. The van der Waals surface area contributed by atoms with Crippen LogP contribution in [0.25, 0.3) is 87.7 Å². The Morgan fingerprint density at radius 1 is 0.320 bits per heavy atom. The Morgan fingerprint density at radius 3 is 1.19 bits per heavy atom. The molecule has 3 aliphatic heterocycles. The van der Waals surface area contributed by atoms with Crippen LogP contribution in [0, 0.1) is 6.92 Å². The number of rotatable bonds is 5. The second kappa shape index (κ2) is 15.1. The molecule has 0 unspecified atom stereocenters. The molecule has 0 saturated carbocycles. The molecule has 5 heterocycles. The average molecular weight is 1020 g/mol. The van der Waals surface area contributed by atoms with E-state index in [9.17, 15) is 0 Å². The Hall–Kier alpha value is -9.30. The molecule has 0 aliphatic carbocycles. The van der Waals surface area contributed by atoms with Crippen LogP contribution in [0.1, 0.15) is 5.56 Å². The van der Waals surface area contributed by atoms with E-state index in [0.29, 0.717) is 0 Å². The molecule has 17 rings (SSSR count). The molecule has 0 saturated heterocycles. The van der Waals surface area contributed by atoms with Gasteiger partial charge in [-0.3, -0.25) is 0 Å². The number of aryl methyl sites for hydroxylation is 1. The van der Waals surface area contributed by atoms with Crippen LogP contribution in [0.2, 0.25) is 0 Å². The van der Waals surface area contributed by atoms with E-state index in [0.717, 1.165) is 100 Å². The van der Waals surface area contributed by atoms with E-state index in [4.69, 9.17) is 13.6 Å². The van der Waals surface area contributed by atoms with Crippen molar-refractivity contribution in [2.75, 3.05) is 9.80 Å². The predicted molar refractivity (Wildman–Crippen MR) is 312 cm³/mol. The van der Waals surface area contributed by atoms with Gasteiger partial charge in [-0.25, -0.2) is 0 Å². The minimum atomic E-state index is -4.15. The molecule has 6 heteroatoms. The first kappa shape index (κ1) is 41.2. The van der Waals surface area contributed by atoms with Crippen molar-refractivity contribution in [3.63, 3.8) is 0 Å². The van der Waals surface area contributed by atoms with Gasteiger partial charge in [-0.05, 0) is 0 Å². The number of fused-ring (bicyclic) bond motifs is 8. The normalized spacial score (nSPS) is 13.8. The molecule has 0 fully saturated rings. The van der Waals surface area contributed by atoms with Gasteiger partial charge >= 0.3 is 424 Å². The van der Waals surface area contributed by atoms with Crippen molar-refractivity contribution in [2.24, 2.45) is 0 Å². The number of nitrogens with zero attached hydrogens (tertiary/aromatic N) is 2. The van der Waals surface area contributed by atoms with Crippen LogP contribution < -0.4 is 32.1 Å². The fraction of sp³-hybridized carbons (Fsp3) is 0.0145. The van der Waals surface area contributed by atoms with Gasteiger partial charge in [-0.2, -0.15) is 0 Å². The summed E-state index contributed by atoms with van der Waals surface area (Å²) in [5, 5.41) is 9.11. The Bertz CT molecular complexity index is 4500. The SMILES string of the molecule is Cc1cc2[c]3c(c1)N(c1ccccc1)c1cc(-c4ccc5oc6cc7ccccc7cc6c5c4)cc4[c]1[Ge]3([c]1ccccc1)[c]1c(cc(-c3ccc5oc6cc7ccccc7cc6c5c3)cc1N2c1ccccc1)O4. The van der Waals surface area contributed by atoms with Gasteiger partial charge in [0, 0.05) is 0 Å². The van der Waals surface area contributed by atoms with Crippen LogP contribution in [-0.2, 0) is 0 Å². The number of anilines is 6. The second-order valence-corrected chi connectivity index (χ2v) is 28.0. The summed E-state index contributed by atoms with van der Waals surface area (Å²) in [6, 6.07) is 87.0. The van der Waals surface area contributed by atoms with E-state index in [1.165, 1.54) is 56.1 Å². The van der Waals surface area contributed by atoms with E-state index in [1.54, 1.807) is 0 Å². The van der Waals surface area contributed by atoms with Crippen molar-refractivity contribution in [3.8, 4) is 33.8 Å². The van der Waals surface area contributed by atoms with Crippen molar-refractivity contribution in [2.45, 2.75) is 6.92 Å². The van der Waals surface area contributed by atoms with Gasteiger partial charge in [-0.15, -0.1) is 0 Å². The first-order valence-electron chi connectivity index (χ1n) is 25.7. The molecule has 12 aromatic carbocycles. The van der Waals surface area contributed by atoms with Gasteiger partial charge in [0.15, 0.2) is 0 Å². The van der Waals surface area contributed by atoms with Crippen LogP contribution in [0.4, 0.5) is 34.1 Å². The van der Waals surface area contributed by atoms with E-state index >= 15 is 0 Å². The summed E-state index contributed by atoms with van der Waals surface area (Å²) >= 11 is -4.15. The molecule has 0 radical (unpaired) electrons. The molecule has 3 aliphatic rings. The average Bonchev–Trinajstić information content (AvgIpc) is 4.02. The summed E-state index contributed by atoms with van der Waals surface area (Å²) in [6.07, 6.45) is 0. The van der Waals surface area contributed by atoms with Crippen molar-refractivity contribution >= 4 is 130 Å². The van der Waals surface area contributed by atoms with Crippen LogP contribution >= 0.6 is 0 Å². The number of ether oxygens (including phenoxy) is 1. The maximum atomic E-state index is 7.75. The number of hydrogen-bond acceptors (Lipinski definition) is 5. The topological polar surface area (TPSA) is 42.0 Å². The quantitative estimate of drug-likeness (QED) is 0.161. The number of benzene rings is 12. The van der Waals surface area contributed by atoms with Crippen molar-refractivity contribution in [3.05, 3.63) is 242 Å². The molecule has 0 bridgehead atoms. The van der Waals surface area contributed by atoms with Crippen molar-refractivity contribution in [1.82, 2.24) is 0 Å². The third kappa shape index (κ3) is 5.73. The van der Waals surface area contributed by atoms with Crippen LogP contribution in [0.3, 0.4) is 0 Å². The molecule has 0 amide bonds. The zero-order valence-electron chi connectivity index (χ0n) is 40.6. The van der Waals surface area contributed by atoms with Gasteiger partial charge in [-0.1, -0.05) is 12.1 Å². The molecule has 0 atom stereocenters. The Labute approximate surface area is 434 Å². The van der Waals surface area contributed by atoms with Crippen LogP contribution in [0.5, 0.6) is 11.5 Å². The molecule has 0 spiro atoms. The predicted octanol–water partition coefficient (Wildman–Crippen LogP) is 16.5. The molecule has 350 valence electrons. The van der Waals surface area contributed by atoms with Gasteiger partial charge in [0.25, 0.3) is 0 Å². The van der Waals surface area contributed by atoms with Crippen LogP contribution in [0.15, 0.2) is 245 Å². The monoisotopic (exact) mass is 1020 g/mol. The second-order valence-electron chi connectivity index (χ2n) is 20.5. The van der Waals surface area contributed by atoms with E-state index in [-0.39, 0.29) is 0 Å². The zero-order chi connectivity index (χ0) is 49.1. The minimum absolute atomic E-state index is 0.870. The Morgan fingerprint density at radius 2 is 0.720 bits per heavy atom. The summed E-state index contributed by atoms with van der Waals surface area (Å²) in [7, 11) is 0. The molecule has 75 heavy (non-hydrogen) atoms. The standard InChI is InChI=1S/C69H42GeN2O3/c1-41-29-57-67-58(30-41)72(52-23-9-4-10-24-52)60-36-49(47-26-28-62-54(34-47)56-32-43-16-12-14-18-45(43)38-64(56)74-62)40-66-69(60)70(67,50-19-5-2-6-20-50)68-59(71(57)51-21-7-3-8-22-51)35-48(39-65(68)75-66)46-25-27-61-53(33-46)55-31-42-15-11-13-17-44(42)37-63(55)73-61/h2-40H,1H3. The molecule has 5 nitrogen and oxygen atoms in total. The Kier molecular flexibility index (Phi) is 8.32. The van der Waals surface area contributed by atoms with Crippen molar-refractivity contribution < 1.29 is 13.6 Å². The molecule has 2 aromatic heterocycles. The first-order chi connectivity index (χ1) is 37.0. The number of furan rings is 2. The van der Waals surface area contributed by atoms with Gasteiger partial charge in [0.1, 0.15) is 0 Å². The Balaban J connectivity index is 0.979. The van der Waals surface area contributed by atoms with E-state index < -0.39 is 13.3 Å². The van der Waals surface area contributed by atoms with Crippen LogP contribution in [-0.4, -0.2) is 13.3 Å². The molecule has 0 N–H and O–H groups in total. The van der Waals surface area contributed by atoms with Gasteiger partial charge in [0.2, 0.25) is 0 Å². The summed E-state index contributed by atoms with van der Waals surface area (Å²) in [5.41, 5.74) is 16.0. The molecule has 14 aromatic rings. The fourth-order valence-electron chi connectivity index (χ4n) is 13.2. The number of para-hydroxylation sites is 2. The van der Waals surface area contributed by atoms with Crippen molar-refractivity contribution in [1.29, 1.82) is 0 Å². The maximum absolute atomic E-state index is 7.75. The van der Waals surface area contributed by atoms with E-state index in [2.05, 4.69) is 253 Å². The molecular weight excluding hydrogens is 977 g/mol. The molecular formula is C69H42GeN2O3. The number of hydrogen-bond donors (Lipinski definition) is 0. The van der Waals surface area contributed by atoms with E-state index in [1.807, 2.05) is 0 Å². The zero-order valence-corrected chi connectivity index (χ0v) is 42.7. The third-order valence-electron chi connectivity index (χ3n) is 16.3. The summed E-state index contributed by atoms with van der Waals surface area (Å²) in [5.74, 6) is 1.80. The fourth-order valence-corrected chi connectivity index (χ4v) is 24.8. The summed E-state index contributed by atoms with van der Waals surface area (Å²) in [4.78, 5) is 5.06. The van der Waals surface area contributed by atoms with Gasteiger partial charge in [0.05, 0.1) is 0 Å². The van der Waals surface area contributed by atoms with Gasteiger partial charge < -0.3 is 0 Å².